The lowest BCUT2D eigenvalue weighted by atomic mass is 9.95. The summed E-state index contributed by atoms with van der Waals surface area (Å²) in [5.41, 5.74) is 1.21. The smallest absolute Gasteiger partial charge is 0.0898 e. The molecule has 1 rings (SSSR count). The molecule has 0 spiro atoms. The van der Waals surface area contributed by atoms with E-state index in [0.29, 0.717) is 13.2 Å². The van der Waals surface area contributed by atoms with Crippen molar-refractivity contribution in [1.29, 1.82) is 0 Å². The molecule has 1 aromatic rings. The largest absolute Gasteiger partial charge is 0.389 e. The molecule has 1 atom stereocenters. The van der Waals surface area contributed by atoms with E-state index in [4.69, 9.17) is 4.74 Å². The summed E-state index contributed by atoms with van der Waals surface area (Å²) in [7, 11) is 0. The van der Waals surface area contributed by atoms with Crippen LogP contribution in [-0.4, -0.2) is 36.0 Å². The molecule has 0 aliphatic carbocycles. The average molecular weight is 344 g/mol. The second-order valence-electron chi connectivity index (χ2n) is 6.10. The Kier molecular flexibility index (Phi) is 7.17. The van der Waals surface area contributed by atoms with Gasteiger partial charge in [0.25, 0.3) is 0 Å². The summed E-state index contributed by atoms with van der Waals surface area (Å²) in [6.45, 7) is 9.14. The van der Waals surface area contributed by atoms with Crippen LogP contribution in [0.3, 0.4) is 0 Å². The molecule has 2 N–H and O–H groups in total. The molecule has 0 saturated carbocycles. The van der Waals surface area contributed by atoms with Gasteiger partial charge < -0.3 is 15.2 Å². The Morgan fingerprint density at radius 2 is 1.85 bits per heavy atom. The normalized spacial score (nSPS) is 13.8. The van der Waals surface area contributed by atoms with Crippen LogP contribution in [0.15, 0.2) is 28.7 Å². The number of ether oxygens (including phenoxy) is 1. The molecule has 3 nitrogen and oxygen atoms in total. The molecule has 0 heterocycles. The van der Waals surface area contributed by atoms with Crippen LogP contribution in [0.4, 0.5) is 0 Å². The molecule has 0 aliphatic heterocycles. The van der Waals surface area contributed by atoms with Crippen molar-refractivity contribution >= 4 is 15.9 Å². The van der Waals surface area contributed by atoms with Crippen molar-refractivity contribution in [2.75, 3.05) is 13.2 Å². The number of aliphatic hydroxyl groups excluding tert-OH is 1. The Hall–Kier alpha value is -0.420. The third-order valence-electron chi connectivity index (χ3n) is 3.00. The summed E-state index contributed by atoms with van der Waals surface area (Å²) < 4.78 is 6.50. The van der Waals surface area contributed by atoms with Gasteiger partial charge in [-0.15, -0.1) is 0 Å². The van der Waals surface area contributed by atoms with Crippen molar-refractivity contribution in [1.82, 2.24) is 5.32 Å². The lowest BCUT2D eigenvalue weighted by molar-refractivity contribution is 0.00404. The second kappa shape index (κ2) is 8.13. The highest BCUT2D eigenvalue weighted by Crippen LogP contribution is 2.16. The highest BCUT2D eigenvalue weighted by Gasteiger charge is 2.19. The molecule has 20 heavy (non-hydrogen) atoms. The van der Waals surface area contributed by atoms with Crippen LogP contribution in [0.1, 0.15) is 33.3 Å². The van der Waals surface area contributed by atoms with Gasteiger partial charge in [0.2, 0.25) is 0 Å². The van der Waals surface area contributed by atoms with E-state index in [1.54, 1.807) is 0 Å². The minimum absolute atomic E-state index is 0.0629. The monoisotopic (exact) mass is 343 g/mol. The Morgan fingerprint density at radius 1 is 1.25 bits per heavy atom. The van der Waals surface area contributed by atoms with Gasteiger partial charge in [0.15, 0.2) is 0 Å². The van der Waals surface area contributed by atoms with Gasteiger partial charge in [-0.2, -0.15) is 0 Å². The maximum absolute atomic E-state index is 9.87. The number of β-amino-alcohol motifs (C(OH)–C–C–N with tert-alkyl or cyclic N) is 1. The molecule has 0 radical (unpaired) electrons. The summed E-state index contributed by atoms with van der Waals surface area (Å²) >= 11 is 3.44. The van der Waals surface area contributed by atoms with Crippen molar-refractivity contribution in [3.05, 3.63) is 34.3 Å². The zero-order chi connectivity index (χ0) is 15.2. The highest BCUT2D eigenvalue weighted by atomic mass is 79.9. The van der Waals surface area contributed by atoms with Crippen LogP contribution in [0.25, 0.3) is 0 Å². The summed E-state index contributed by atoms with van der Waals surface area (Å²) in [6, 6.07) is 8.34. The molecule has 0 aromatic heterocycles. The maximum atomic E-state index is 9.87. The standard InChI is InChI=1S/C16H26BrNO2/c1-12(2)20-11-15(19)10-18-16(3,4)9-13-5-7-14(17)8-6-13/h5-8,12,15,18-19H,9-11H2,1-4H3. The van der Waals surface area contributed by atoms with Crippen molar-refractivity contribution in [3.8, 4) is 0 Å². The molecule has 114 valence electrons. The summed E-state index contributed by atoms with van der Waals surface area (Å²) in [6.07, 6.45) is 0.597. The van der Waals surface area contributed by atoms with Crippen LogP contribution in [0, 0.1) is 0 Å². The molecule has 0 aliphatic rings. The fourth-order valence-corrected chi connectivity index (χ4v) is 2.20. The number of hydrogen-bond donors (Lipinski definition) is 2. The lowest BCUT2D eigenvalue weighted by Crippen LogP contribution is -2.46. The molecule has 0 bridgehead atoms. The first kappa shape index (κ1) is 17.6. The van der Waals surface area contributed by atoms with Crippen LogP contribution >= 0.6 is 15.9 Å². The van der Waals surface area contributed by atoms with Gasteiger partial charge in [-0.05, 0) is 51.8 Å². The molecular weight excluding hydrogens is 318 g/mol. The third kappa shape index (κ3) is 7.39. The third-order valence-corrected chi connectivity index (χ3v) is 3.53. The summed E-state index contributed by atoms with van der Waals surface area (Å²) in [4.78, 5) is 0. The predicted molar refractivity (Wildman–Crippen MR) is 87.0 cm³/mol. The maximum Gasteiger partial charge on any atom is 0.0898 e. The van der Waals surface area contributed by atoms with Crippen LogP contribution in [0.5, 0.6) is 0 Å². The lowest BCUT2D eigenvalue weighted by Gasteiger charge is -2.28. The van der Waals surface area contributed by atoms with E-state index < -0.39 is 6.10 Å². The Balaban J connectivity index is 2.39. The first-order chi connectivity index (χ1) is 9.28. The summed E-state index contributed by atoms with van der Waals surface area (Å²) in [5, 5.41) is 13.3. The molecule has 1 aromatic carbocycles. The number of hydrogen-bond acceptors (Lipinski definition) is 3. The number of halogens is 1. The minimum Gasteiger partial charge on any atom is -0.389 e. The van der Waals surface area contributed by atoms with Gasteiger partial charge in [-0.25, -0.2) is 0 Å². The molecule has 4 heteroatoms. The topological polar surface area (TPSA) is 41.5 Å². The van der Waals surface area contributed by atoms with Gasteiger partial charge in [-0.1, -0.05) is 28.1 Å². The van der Waals surface area contributed by atoms with Crippen molar-refractivity contribution < 1.29 is 9.84 Å². The fourth-order valence-electron chi connectivity index (χ4n) is 1.93. The van der Waals surface area contributed by atoms with E-state index in [2.05, 4.69) is 59.4 Å². The van der Waals surface area contributed by atoms with E-state index in [-0.39, 0.29) is 11.6 Å². The average Bonchev–Trinajstić information content (AvgIpc) is 2.36. The SMILES string of the molecule is CC(C)OCC(O)CNC(C)(C)Cc1ccc(Br)cc1. The fraction of sp³-hybridized carbons (Fsp3) is 0.625. The number of rotatable bonds is 8. The number of aliphatic hydroxyl groups is 1. The van der Waals surface area contributed by atoms with Gasteiger partial charge in [0, 0.05) is 16.6 Å². The van der Waals surface area contributed by atoms with E-state index in [1.165, 1.54) is 5.56 Å². The molecule has 0 amide bonds. The van der Waals surface area contributed by atoms with Crippen LogP contribution < -0.4 is 5.32 Å². The van der Waals surface area contributed by atoms with E-state index in [0.717, 1.165) is 10.9 Å². The van der Waals surface area contributed by atoms with Gasteiger partial charge >= 0.3 is 0 Å². The van der Waals surface area contributed by atoms with Crippen molar-refractivity contribution in [2.24, 2.45) is 0 Å². The molecule has 0 saturated heterocycles. The minimum atomic E-state index is -0.471. The second-order valence-corrected chi connectivity index (χ2v) is 7.02. The summed E-state index contributed by atoms with van der Waals surface area (Å²) in [5.74, 6) is 0. The van der Waals surface area contributed by atoms with E-state index in [9.17, 15) is 5.11 Å². The number of nitrogens with one attached hydrogen (secondary N) is 1. The molecular formula is C16H26BrNO2. The first-order valence-electron chi connectivity index (χ1n) is 7.07. The Morgan fingerprint density at radius 3 is 2.40 bits per heavy atom. The molecule has 1 unspecified atom stereocenters. The Bertz CT molecular complexity index is 390. The quantitative estimate of drug-likeness (QED) is 0.761. The van der Waals surface area contributed by atoms with E-state index in [1.807, 2.05) is 13.8 Å². The zero-order valence-corrected chi connectivity index (χ0v) is 14.4. The van der Waals surface area contributed by atoms with E-state index >= 15 is 0 Å². The first-order valence-corrected chi connectivity index (χ1v) is 7.87. The molecule has 0 fully saturated rings. The van der Waals surface area contributed by atoms with Crippen LogP contribution in [0.2, 0.25) is 0 Å². The van der Waals surface area contributed by atoms with Crippen molar-refractivity contribution in [2.45, 2.75) is 51.9 Å². The Labute approximate surface area is 130 Å². The van der Waals surface area contributed by atoms with Crippen molar-refractivity contribution in [3.63, 3.8) is 0 Å². The van der Waals surface area contributed by atoms with Crippen LogP contribution in [-0.2, 0) is 11.2 Å². The van der Waals surface area contributed by atoms with Gasteiger partial charge in [-0.3, -0.25) is 0 Å². The van der Waals surface area contributed by atoms with Gasteiger partial charge in [0.1, 0.15) is 0 Å². The zero-order valence-electron chi connectivity index (χ0n) is 12.8. The predicted octanol–water partition coefficient (Wildman–Crippen LogP) is 3.15. The number of benzene rings is 1. The highest BCUT2D eigenvalue weighted by molar-refractivity contribution is 9.10. The van der Waals surface area contributed by atoms with Gasteiger partial charge in [0.05, 0.1) is 18.8 Å².